The highest BCUT2D eigenvalue weighted by Crippen LogP contribution is 2.48. The second-order valence-corrected chi connectivity index (χ2v) is 7.58. The van der Waals surface area contributed by atoms with E-state index in [0.29, 0.717) is 6.61 Å². The van der Waals surface area contributed by atoms with Crippen molar-refractivity contribution in [3.05, 3.63) is 0 Å². The summed E-state index contributed by atoms with van der Waals surface area (Å²) in [5.41, 5.74) is 0. The Labute approximate surface area is 108 Å². The summed E-state index contributed by atoms with van der Waals surface area (Å²) >= 11 is 0. The van der Waals surface area contributed by atoms with Crippen LogP contribution in [0.15, 0.2) is 0 Å². The Morgan fingerprint density at radius 1 is 0.765 bits per heavy atom. The van der Waals surface area contributed by atoms with Crippen LogP contribution in [-0.4, -0.2) is 18.9 Å². The third kappa shape index (κ3) is 9.85. The van der Waals surface area contributed by atoms with Gasteiger partial charge < -0.3 is 4.52 Å². The first-order valence-electron chi connectivity index (χ1n) is 7.41. The van der Waals surface area contributed by atoms with Gasteiger partial charge in [-0.3, -0.25) is 4.57 Å². The summed E-state index contributed by atoms with van der Waals surface area (Å²) in [5, 5.41) is 0. The van der Waals surface area contributed by atoms with E-state index >= 15 is 0 Å². The molecule has 0 saturated heterocycles. The summed E-state index contributed by atoms with van der Waals surface area (Å²) in [7, 11) is -2.30. The predicted molar refractivity (Wildman–Crippen MR) is 77.3 cm³/mol. The van der Waals surface area contributed by atoms with Crippen molar-refractivity contribution in [3.8, 4) is 0 Å². The Morgan fingerprint density at radius 2 is 1.24 bits per heavy atom. The maximum Gasteiger partial charge on any atom is 0.203 e. The predicted octanol–water partition coefficient (Wildman–Crippen LogP) is 5.46. The highest BCUT2D eigenvalue weighted by molar-refractivity contribution is 7.58. The lowest BCUT2D eigenvalue weighted by atomic mass is 10.2. The molecule has 0 aliphatic carbocycles. The Hall–Kier alpha value is 0.190. The molecular formula is C14H31O2P. The summed E-state index contributed by atoms with van der Waals surface area (Å²) in [6.07, 6.45) is 11.1. The van der Waals surface area contributed by atoms with Crippen molar-refractivity contribution in [1.29, 1.82) is 0 Å². The standard InChI is InChI=1S/C14H31O2P/c1-4-7-9-11-13-17(15,16-6-3)14-12-10-8-5-2/h4-14H2,1-3H3. The Bertz CT molecular complexity index is 188. The molecule has 0 heterocycles. The molecule has 0 bridgehead atoms. The first-order chi connectivity index (χ1) is 8.18. The van der Waals surface area contributed by atoms with Crippen LogP contribution in [0.4, 0.5) is 0 Å². The summed E-state index contributed by atoms with van der Waals surface area (Å²) in [6, 6.07) is 0. The van der Waals surface area contributed by atoms with Crippen LogP contribution in [0.5, 0.6) is 0 Å². The molecule has 2 nitrogen and oxygen atoms in total. The van der Waals surface area contributed by atoms with Crippen molar-refractivity contribution in [1.82, 2.24) is 0 Å². The minimum absolute atomic E-state index is 0.596. The molecule has 0 aromatic rings. The van der Waals surface area contributed by atoms with E-state index in [9.17, 15) is 4.57 Å². The number of rotatable bonds is 12. The van der Waals surface area contributed by atoms with Crippen LogP contribution in [0.25, 0.3) is 0 Å². The molecule has 0 rings (SSSR count). The second kappa shape index (κ2) is 11.3. The molecule has 0 unspecified atom stereocenters. The van der Waals surface area contributed by atoms with Crippen LogP contribution in [0, 0.1) is 0 Å². The zero-order chi connectivity index (χ0) is 13.0. The van der Waals surface area contributed by atoms with Gasteiger partial charge in [-0.15, -0.1) is 0 Å². The number of hydrogen-bond acceptors (Lipinski definition) is 2. The molecule has 0 atom stereocenters. The van der Waals surface area contributed by atoms with Crippen LogP contribution in [0.1, 0.15) is 72.1 Å². The van der Waals surface area contributed by atoms with E-state index in [0.717, 1.165) is 25.2 Å². The molecule has 0 amide bonds. The average Bonchev–Trinajstić information content (AvgIpc) is 2.31. The van der Waals surface area contributed by atoms with Crippen molar-refractivity contribution in [2.24, 2.45) is 0 Å². The van der Waals surface area contributed by atoms with E-state index in [1.807, 2.05) is 6.92 Å². The molecule has 0 N–H and O–H groups in total. The van der Waals surface area contributed by atoms with Crippen LogP contribution in [0.2, 0.25) is 0 Å². The minimum atomic E-state index is -2.30. The SMILES string of the molecule is CCCCCCP(=O)(CCCCCC)OCC. The fourth-order valence-corrected chi connectivity index (χ4v) is 4.40. The Kier molecular flexibility index (Phi) is 11.4. The summed E-state index contributed by atoms with van der Waals surface area (Å²) < 4.78 is 18.1. The van der Waals surface area contributed by atoms with E-state index in [2.05, 4.69) is 13.8 Å². The van der Waals surface area contributed by atoms with Crippen molar-refractivity contribution >= 4 is 7.37 Å². The fraction of sp³-hybridized carbons (Fsp3) is 1.00. The molecule has 0 aliphatic heterocycles. The molecule has 0 fully saturated rings. The second-order valence-electron chi connectivity index (χ2n) is 4.80. The maximum absolute atomic E-state index is 12.5. The largest absolute Gasteiger partial charge is 0.329 e. The first-order valence-corrected chi connectivity index (χ1v) is 9.40. The number of unbranched alkanes of at least 4 members (excludes halogenated alkanes) is 6. The smallest absolute Gasteiger partial charge is 0.203 e. The average molecular weight is 262 g/mol. The van der Waals surface area contributed by atoms with E-state index in [1.165, 1.54) is 38.5 Å². The third-order valence-electron chi connectivity index (χ3n) is 3.07. The minimum Gasteiger partial charge on any atom is -0.329 e. The zero-order valence-corrected chi connectivity index (χ0v) is 12.9. The van der Waals surface area contributed by atoms with Gasteiger partial charge in [-0.1, -0.05) is 52.4 Å². The lowest BCUT2D eigenvalue weighted by Crippen LogP contribution is -2.01. The molecule has 0 aromatic heterocycles. The lowest BCUT2D eigenvalue weighted by Gasteiger charge is -2.17. The molecule has 104 valence electrons. The monoisotopic (exact) mass is 262 g/mol. The van der Waals surface area contributed by atoms with E-state index < -0.39 is 7.37 Å². The quantitative estimate of drug-likeness (QED) is 0.345. The third-order valence-corrected chi connectivity index (χ3v) is 5.79. The van der Waals surface area contributed by atoms with Crippen LogP contribution >= 0.6 is 7.37 Å². The Balaban J connectivity index is 3.85. The fourth-order valence-electron chi connectivity index (χ4n) is 2.04. The molecule has 0 spiro atoms. The van der Waals surface area contributed by atoms with E-state index in [4.69, 9.17) is 4.52 Å². The molecule has 0 saturated carbocycles. The van der Waals surface area contributed by atoms with Crippen molar-refractivity contribution in [3.63, 3.8) is 0 Å². The first kappa shape index (κ1) is 17.2. The topological polar surface area (TPSA) is 26.3 Å². The Morgan fingerprint density at radius 3 is 1.59 bits per heavy atom. The van der Waals surface area contributed by atoms with E-state index in [1.54, 1.807) is 0 Å². The summed E-state index contributed by atoms with van der Waals surface area (Å²) in [4.78, 5) is 0. The van der Waals surface area contributed by atoms with Crippen LogP contribution in [-0.2, 0) is 9.09 Å². The maximum atomic E-state index is 12.5. The van der Waals surface area contributed by atoms with Gasteiger partial charge in [-0.05, 0) is 19.8 Å². The van der Waals surface area contributed by atoms with Crippen molar-refractivity contribution in [2.75, 3.05) is 18.9 Å². The van der Waals surface area contributed by atoms with Crippen molar-refractivity contribution < 1.29 is 9.09 Å². The van der Waals surface area contributed by atoms with Gasteiger partial charge in [0.05, 0.1) is 6.61 Å². The summed E-state index contributed by atoms with van der Waals surface area (Å²) in [6.45, 7) is 6.95. The van der Waals surface area contributed by atoms with Gasteiger partial charge in [0.1, 0.15) is 0 Å². The molecule has 0 radical (unpaired) electrons. The van der Waals surface area contributed by atoms with E-state index in [-0.39, 0.29) is 0 Å². The van der Waals surface area contributed by atoms with Gasteiger partial charge >= 0.3 is 0 Å². The molecular weight excluding hydrogens is 231 g/mol. The highest BCUT2D eigenvalue weighted by atomic mass is 31.2. The van der Waals surface area contributed by atoms with Gasteiger partial charge in [0, 0.05) is 12.3 Å². The normalized spacial score (nSPS) is 11.9. The lowest BCUT2D eigenvalue weighted by molar-refractivity contribution is 0.330. The highest BCUT2D eigenvalue weighted by Gasteiger charge is 2.21. The molecule has 0 aliphatic rings. The number of hydrogen-bond donors (Lipinski definition) is 0. The summed E-state index contributed by atoms with van der Waals surface area (Å²) in [5.74, 6) is 0. The van der Waals surface area contributed by atoms with Gasteiger partial charge in [0.15, 0.2) is 0 Å². The van der Waals surface area contributed by atoms with Crippen molar-refractivity contribution in [2.45, 2.75) is 72.1 Å². The molecule has 3 heteroatoms. The van der Waals surface area contributed by atoms with Crippen LogP contribution in [0.3, 0.4) is 0 Å². The van der Waals surface area contributed by atoms with Gasteiger partial charge in [0.2, 0.25) is 7.37 Å². The van der Waals surface area contributed by atoms with Gasteiger partial charge in [0.25, 0.3) is 0 Å². The van der Waals surface area contributed by atoms with Crippen LogP contribution < -0.4 is 0 Å². The zero-order valence-electron chi connectivity index (χ0n) is 12.0. The molecule has 17 heavy (non-hydrogen) atoms. The van der Waals surface area contributed by atoms with Gasteiger partial charge in [-0.25, -0.2) is 0 Å². The van der Waals surface area contributed by atoms with Gasteiger partial charge in [-0.2, -0.15) is 0 Å². The molecule has 0 aromatic carbocycles.